The fourth-order valence-corrected chi connectivity index (χ4v) is 4.68. The lowest BCUT2D eigenvalue weighted by Crippen LogP contribution is -2.53. The number of ether oxygens (including phenoxy) is 2. The predicted octanol–water partition coefficient (Wildman–Crippen LogP) is 3.16. The number of rotatable bonds is 3. The van der Waals surface area contributed by atoms with Crippen LogP contribution in [0, 0.1) is 12.3 Å². The molecule has 1 aromatic rings. The SMILES string of the molecule is C#CCCOC(=O)N1CCC(N2CCC3(CC2)OC(=O)Nc2ccccc23)CC1. The van der Waals surface area contributed by atoms with Gasteiger partial charge in [-0.15, -0.1) is 12.3 Å². The minimum absolute atomic E-state index is 0.269. The van der Waals surface area contributed by atoms with Crippen LogP contribution < -0.4 is 5.32 Å². The summed E-state index contributed by atoms with van der Waals surface area (Å²) in [4.78, 5) is 28.4. The second-order valence-electron chi connectivity index (χ2n) is 7.88. The van der Waals surface area contributed by atoms with E-state index < -0.39 is 5.60 Å². The number of nitrogens with one attached hydrogen (secondary N) is 1. The van der Waals surface area contributed by atoms with E-state index in [1.54, 1.807) is 4.90 Å². The highest BCUT2D eigenvalue weighted by Gasteiger charge is 2.45. The summed E-state index contributed by atoms with van der Waals surface area (Å²) in [5.74, 6) is 2.47. The first kappa shape index (κ1) is 19.6. The van der Waals surface area contributed by atoms with E-state index in [1.807, 2.05) is 18.2 Å². The highest BCUT2D eigenvalue weighted by Crippen LogP contribution is 2.43. The van der Waals surface area contributed by atoms with Crippen molar-refractivity contribution in [1.29, 1.82) is 0 Å². The molecule has 1 aromatic carbocycles. The molecule has 3 aliphatic rings. The normalized spacial score (nSPS) is 21.6. The van der Waals surface area contributed by atoms with Crippen LogP contribution in [-0.2, 0) is 15.1 Å². The number of anilines is 1. The topological polar surface area (TPSA) is 71.1 Å². The van der Waals surface area contributed by atoms with Gasteiger partial charge in [-0.25, -0.2) is 9.59 Å². The molecule has 0 radical (unpaired) electrons. The van der Waals surface area contributed by atoms with E-state index in [0.717, 1.165) is 50.0 Å². The van der Waals surface area contributed by atoms with Crippen LogP contribution in [0.3, 0.4) is 0 Å². The van der Waals surface area contributed by atoms with Gasteiger partial charge in [0.05, 0.1) is 5.69 Å². The largest absolute Gasteiger partial charge is 0.448 e. The Hall–Kier alpha value is -2.72. The summed E-state index contributed by atoms with van der Waals surface area (Å²) < 4.78 is 11.0. The van der Waals surface area contributed by atoms with E-state index in [0.29, 0.717) is 25.6 Å². The molecule has 2 saturated heterocycles. The Balaban J connectivity index is 1.32. The van der Waals surface area contributed by atoms with E-state index in [1.165, 1.54) is 0 Å². The lowest BCUT2D eigenvalue weighted by molar-refractivity contribution is -0.0504. The maximum atomic E-state index is 12.1. The minimum Gasteiger partial charge on any atom is -0.448 e. The number of likely N-dealkylation sites (tertiary alicyclic amines) is 2. The first-order chi connectivity index (χ1) is 14.1. The van der Waals surface area contributed by atoms with Gasteiger partial charge in [0.15, 0.2) is 0 Å². The smallest absolute Gasteiger partial charge is 0.412 e. The fourth-order valence-electron chi connectivity index (χ4n) is 4.68. The summed E-state index contributed by atoms with van der Waals surface area (Å²) in [7, 11) is 0. The Labute approximate surface area is 171 Å². The number of carbonyl (C=O) groups excluding carboxylic acids is 2. The van der Waals surface area contributed by atoms with Crippen LogP contribution in [0.25, 0.3) is 0 Å². The zero-order valence-corrected chi connectivity index (χ0v) is 16.6. The number of nitrogens with zero attached hydrogens (tertiary/aromatic N) is 2. The van der Waals surface area contributed by atoms with Gasteiger partial charge in [0, 0.05) is 57.0 Å². The van der Waals surface area contributed by atoms with Gasteiger partial charge in [0.1, 0.15) is 12.2 Å². The number of hydrogen-bond donors (Lipinski definition) is 1. The Kier molecular flexibility index (Phi) is 5.63. The molecule has 1 N–H and O–H groups in total. The van der Waals surface area contributed by atoms with Crippen molar-refractivity contribution in [1.82, 2.24) is 9.80 Å². The van der Waals surface area contributed by atoms with Crippen molar-refractivity contribution in [2.45, 2.75) is 43.7 Å². The van der Waals surface area contributed by atoms with Crippen LogP contribution in [0.4, 0.5) is 15.3 Å². The lowest BCUT2D eigenvalue weighted by atomic mass is 9.81. The Bertz CT molecular complexity index is 803. The Morgan fingerprint density at radius 2 is 1.97 bits per heavy atom. The fraction of sp³-hybridized carbons (Fsp3) is 0.545. The van der Waals surface area contributed by atoms with E-state index >= 15 is 0 Å². The van der Waals surface area contributed by atoms with Gasteiger partial charge in [-0.1, -0.05) is 18.2 Å². The molecule has 3 heterocycles. The van der Waals surface area contributed by atoms with Crippen LogP contribution >= 0.6 is 0 Å². The van der Waals surface area contributed by atoms with E-state index in [-0.39, 0.29) is 18.8 Å². The molecule has 0 bridgehead atoms. The molecule has 0 aliphatic carbocycles. The first-order valence-electron chi connectivity index (χ1n) is 10.3. The molecule has 7 heteroatoms. The number of terminal acetylenes is 1. The third-order valence-electron chi connectivity index (χ3n) is 6.26. The van der Waals surface area contributed by atoms with Gasteiger partial charge in [0.25, 0.3) is 0 Å². The van der Waals surface area contributed by atoms with Crippen LogP contribution in [-0.4, -0.2) is 60.8 Å². The third-order valence-corrected chi connectivity index (χ3v) is 6.26. The summed E-state index contributed by atoms with van der Waals surface area (Å²) in [6.45, 7) is 3.42. The van der Waals surface area contributed by atoms with Crippen molar-refractivity contribution in [3.05, 3.63) is 29.8 Å². The zero-order chi connectivity index (χ0) is 20.3. The Morgan fingerprint density at radius 1 is 1.24 bits per heavy atom. The number of hydrogen-bond acceptors (Lipinski definition) is 5. The van der Waals surface area contributed by atoms with Crippen molar-refractivity contribution >= 4 is 17.9 Å². The summed E-state index contributed by atoms with van der Waals surface area (Å²) >= 11 is 0. The van der Waals surface area contributed by atoms with Crippen molar-refractivity contribution in [3.63, 3.8) is 0 Å². The Morgan fingerprint density at radius 3 is 2.69 bits per heavy atom. The molecule has 1 spiro atoms. The van der Waals surface area contributed by atoms with E-state index in [2.05, 4.69) is 22.2 Å². The van der Waals surface area contributed by atoms with Crippen molar-refractivity contribution in [2.24, 2.45) is 0 Å². The molecule has 29 heavy (non-hydrogen) atoms. The minimum atomic E-state index is -0.531. The van der Waals surface area contributed by atoms with Gasteiger partial charge in [-0.05, 0) is 18.9 Å². The van der Waals surface area contributed by atoms with Gasteiger partial charge in [-0.3, -0.25) is 10.2 Å². The number of benzene rings is 1. The molecule has 0 saturated carbocycles. The second kappa shape index (κ2) is 8.34. The number of para-hydroxylation sites is 1. The summed E-state index contributed by atoms with van der Waals surface area (Å²) in [5, 5.41) is 2.80. The molecule has 2 fully saturated rings. The molecular weight excluding hydrogens is 370 g/mol. The molecule has 0 aromatic heterocycles. The predicted molar refractivity (Wildman–Crippen MR) is 108 cm³/mol. The highest BCUT2D eigenvalue weighted by atomic mass is 16.6. The molecule has 7 nitrogen and oxygen atoms in total. The maximum absolute atomic E-state index is 12.1. The monoisotopic (exact) mass is 397 g/mol. The molecule has 2 amide bonds. The number of carbonyl (C=O) groups is 2. The lowest BCUT2D eigenvalue weighted by Gasteiger charge is -2.47. The second-order valence-corrected chi connectivity index (χ2v) is 7.88. The summed E-state index contributed by atoms with van der Waals surface area (Å²) in [6, 6.07) is 8.34. The summed E-state index contributed by atoms with van der Waals surface area (Å²) in [5.41, 5.74) is 1.40. The van der Waals surface area contributed by atoms with E-state index in [4.69, 9.17) is 15.9 Å². The average molecular weight is 397 g/mol. The van der Waals surface area contributed by atoms with Gasteiger partial charge in [-0.2, -0.15) is 0 Å². The number of fused-ring (bicyclic) bond motifs is 2. The van der Waals surface area contributed by atoms with Crippen LogP contribution in [0.5, 0.6) is 0 Å². The molecule has 0 unspecified atom stereocenters. The molecule has 0 atom stereocenters. The number of piperidine rings is 2. The number of amides is 2. The van der Waals surface area contributed by atoms with Crippen LogP contribution in [0.15, 0.2) is 24.3 Å². The quantitative estimate of drug-likeness (QED) is 0.627. The van der Waals surface area contributed by atoms with Crippen LogP contribution in [0.2, 0.25) is 0 Å². The molecule has 4 rings (SSSR count). The average Bonchev–Trinajstić information content (AvgIpc) is 2.74. The first-order valence-corrected chi connectivity index (χ1v) is 10.3. The molecule has 154 valence electrons. The molecule has 3 aliphatic heterocycles. The van der Waals surface area contributed by atoms with E-state index in [9.17, 15) is 9.59 Å². The van der Waals surface area contributed by atoms with Gasteiger partial charge >= 0.3 is 12.2 Å². The van der Waals surface area contributed by atoms with Crippen LogP contribution in [0.1, 0.15) is 37.7 Å². The van der Waals surface area contributed by atoms with Crippen molar-refractivity contribution in [3.8, 4) is 12.3 Å². The maximum Gasteiger partial charge on any atom is 0.412 e. The standard InChI is InChI=1S/C22H27N3O4/c1-2-3-16-28-21(27)25-12-8-17(9-13-25)24-14-10-22(11-15-24)18-6-4-5-7-19(18)23-20(26)29-22/h1,4-7,17H,3,8-16H2,(H,23,26). The highest BCUT2D eigenvalue weighted by molar-refractivity contribution is 5.88. The third kappa shape index (κ3) is 4.03. The van der Waals surface area contributed by atoms with Crippen molar-refractivity contribution < 1.29 is 19.1 Å². The van der Waals surface area contributed by atoms with Gasteiger partial charge in [0.2, 0.25) is 0 Å². The zero-order valence-electron chi connectivity index (χ0n) is 16.6. The van der Waals surface area contributed by atoms with Crippen molar-refractivity contribution in [2.75, 3.05) is 38.1 Å². The van der Waals surface area contributed by atoms with Gasteiger partial charge < -0.3 is 14.4 Å². The summed E-state index contributed by atoms with van der Waals surface area (Å²) in [6.07, 6.45) is 8.42. The molecular formula is C22H27N3O4.